The number of methoxy groups -OCH3 is 1. The Bertz CT molecular complexity index is 1020. The van der Waals surface area contributed by atoms with Crippen molar-refractivity contribution in [2.75, 3.05) is 12.4 Å². The van der Waals surface area contributed by atoms with E-state index in [0.717, 1.165) is 17.7 Å². The quantitative estimate of drug-likeness (QED) is 0.728. The summed E-state index contributed by atoms with van der Waals surface area (Å²) in [5.41, 5.74) is 1.82. The zero-order valence-electron chi connectivity index (χ0n) is 15.9. The molecule has 1 unspecified atom stereocenters. The first kappa shape index (κ1) is 20.5. The molecule has 1 aliphatic rings. The number of ether oxygens (including phenoxy) is 1. The van der Waals surface area contributed by atoms with Crippen molar-refractivity contribution in [2.24, 2.45) is 0 Å². The number of nitrogens with one attached hydrogen (secondary N) is 1. The number of ketones is 1. The molecule has 2 aromatic rings. The number of allylic oxidation sites excluding steroid dienone is 2. The molecule has 29 heavy (non-hydrogen) atoms. The average molecular weight is 400 g/mol. The summed E-state index contributed by atoms with van der Waals surface area (Å²) in [6.07, 6.45) is -3.73. The van der Waals surface area contributed by atoms with E-state index < -0.39 is 11.7 Å². The Hall–Kier alpha value is -3.27. The second-order valence-corrected chi connectivity index (χ2v) is 6.81. The summed E-state index contributed by atoms with van der Waals surface area (Å²) < 4.78 is 44.3. The fraction of sp³-hybridized carbons (Fsp3) is 0.273. The summed E-state index contributed by atoms with van der Waals surface area (Å²) >= 11 is 0. The van der Waals surface area contributed by atoms with Gasteiger partial charge in [0.2, 0.25) is 0 Å². The van der Waals surface area contributed by atoms with Gasteiger partial charge in [0.25, 0.3) is 0 Å². The third kappa shape index (κ3) is 4.27. The molecule has 1 aliphatic carbocycles. The molecule has 0 saturated carbocycles. The maximum absolute atomic E-state index is 13.0. The van der Waals surface area contributed by atoms with E-state index in [1.807, 2.05) is 13.0 Å². The van der Waals surface area contributed by atoms with E-state index in [0.29, 0.717) is 35.4 Å². The molecule has 0 aromatic heterocycles. The smallest absolute Gasteiger partial charge is 0.416 e. The normalized spacial score (nSPS) is 15.2. The van der Waals surface area contributed by atoms with Crippen LogP contribution in [-0.2, 0) is 11.0 Å². The lowest BCUT2D eigenvalue weighted by Gasteiger charge is -2.19. The first-order valence-electron chi connectivity index (χ1n) is 9.03. The summed E-state index contributed by atoms with van der Waals surface area (Å²) in [7, 11) is 1.49. The van der Waals surface area contributed by atoms with Gasteiger partial charge in [-0.1, -0.05) is 19.1 Å². The Kier molecular flexibility index (Phi) is 5.64. The lowest BCUT2D eigenvalue weighted by molar-refractivity contribution is -0.137. The van der Waals surface area contributed by atoms with E-state index >= 15 is 0 Å². The second-order valence-electron chi connectivity index (χ2n) is 6.81. The van der Waals surface area contributed by atoms with Gasteiger partial charge in [-0.05, 0) is 36.8 Å². The van der Waals surface area contributed by atoms with Crippen molar-refractivity contribution < 1.29 is 22.7 Å². The van der Waals surface area contributed by atoms with Crippen LogP contribution in [0.15, 0.2) is 53.7 Å². The standard InChI is InChI=1S/C22H19F3N2O2/c1-13(17-7-6-14(12-26)10-20(17)29-2)21-18(8-9-19(21)28)27-16-5-3-4-15(11-16)22(23,24)25/h3-7,10-11,13,27H,8-9H2,1-2H3. The van der Waals surface area contributed by atoms with Crippen molar-refractivity contribution in [1.29, 1.82) is 5.26 Å². The van der Waals surface area contributed by atoms with Gasteiger partial charge in [0, 0.05) is 34.9 Å². The van der Waals surface area contributed by atoms with Gasteiger partial charge in [-0.25, -0.2) is 0 Å². The molecule has 1 N–H and O–H groups in total. The molecule has 0 heterocycles. The highest BCUT2D eigenvalue weighted by molar-refractivity contribution is 6.00. The minimum absolute atomic E-state index is 0.0570. The van der Waals surface area contributed by atoms with Crippen LogP contribution < -0.4 is 10.1 Å². The van der Waals surface area contributed by atoms with Crippen LogP contribution in [0.3, 0.4) is 0 Å². The SMILES string of the molecule is COc1cc(C#N)ccc1C(C)C1=C(Nc2cccc(C(F)(F)F)c2)CCC1=O. The summed E-state index contributed by atoms with van der Waals surface area (Å²) in [6, 6.07) is 11.9. The second kappa shape index (κ2) is 8.00. The number of nitriles is 1. The van der Waals surface area contributed by atoms with Gasteiger partial charge in [-0.3, -0.25) is 4.79 Å². The van der Waals surface area contributed by atoms with E-state index in [-0.39, 0.29) is 17.4 Å². The minimum atomic E-state index is -4.44. The highest BCUT2D eigenvalue weighted by Gasteiger charge is 2.32. The Labute approximate surface area is 166 Å². The zero-order chi connectivity index (χ0) is 21.2. The van der Waals surface area contributed by atoms with Crippen LogP contribution in [0.5, 0.6) is 5.75 Å². The van der Waals surface area contributed by atoms with Crippen molar-refractivity contribution in [3.63, 3.8) is 0 Å². The van der Waals surface area contributed by atoms with Crippen LogP contribution in [0.4, 0.5) is 18.9 Å². The fourth-order valence-electron chi connectivity index (χ4n) is 3.55. The summed E-state index contributed by atoms with van der Waals surface area (Å²) in [5.74, 6) is 0.0848. The topological polar surface area (TPSA) is 62.1 Å². The Morgan fingerprint density at radius 3 is 2.59 bits per heavy atom. The van der Waals surface area contributed by atoms with Gasteiger partial charge in [0.1, 0.15) is 5.75 Å². The molecule has 0 amide bonds. The molecule has 150 valence electrons. The van der Waals surface area contributed by atoms with Gasteiger partial charge in [0.15, 0.2) is 5.78 Å². The summed E-state index contributed by atoms with van der Waals surface area (Å²) in [6.45, 7) is 1.84. The van der Waals surface area contributed by atoms with Crippen molar-refractivity contribution >= 4 is 11.5 Å². The van der Waals surface area contributed by atoms with Crippen LogP contribution in [0.25, 0.3) is 0 Å². The molecule has 1 atom stereocenters. The Balaban J connectivity index is 1.98. The number of Topliss-reactive ketones (excluding diaryl/α,β-unsaturated/α-hetero) is 1. The number of hydrogen-bond acceptors (Lipinski definition) is 4. The highest BCUT2D eigenvalue weighted by Crippen LogP contribution is 2.39. The Morgan fingerprint density at radius 1 is 1.17 bits per heavy atom. The zero-order valence-corrected chi connectivity index (χ0v) is 15.9. The van der Waals surface area contributed by atoms with Gasteiger partial charge >= 0.3 is 6.18 Å². The molecular weight excluding hydrogens is 381 g/mol. The maximum atomic E-state index is 13.0. The number of alkyl halides is 3. The lowest BCUT2D eigenvalue weighted by atomic mass is 9.89. The average Bonchev–Trinajstić information content (AvgIpc) is 3.06. The van der Waals surface area contributed by atoms with Crippen LogP contribution in [0.2, 0.25) is 0 Å². The van der Waals surface area contributed by atoms with Gasteiger partial charge in [0.05, 0.1) is 24.3 Å². The third-order valence-corrected chi connectivity index (χ3v) is 4.97. The molecule has 0 saturated heterocycles. The van der Waals surface area contributed by atoms with Crippen molar-refractivity contribution in [1.82, 2.24) is 0 Å². The van der Waals surface area contributed by atoms with Crippen molar-refractivity contribution in [3.8, 4) is 11.8 Å². The highest BCUT2D eigenvalue weighted by atomic mass is 19.4. The third-order valence-electron chi connectivity index (χ3n) is 4.97. The predicted molar refractivity (Wildman–Crippen MR) is 102 cm³/mol. The maximum Gasteiger partial charge on any atom is 0.416 e. The number of benzene rings is 2. The molecular formula is C22H19F3N2O2. The van der Waals surface area contributed by atoms with Gasteiger partial charge in [-0.2, -0.15) is 18.4 Å². The minimum Gasteiger partial charge on any atom is -0.496 e. The van der Waals surface area contributed by atoms with Gasteiger partial charge in [-0.15, -0.1) is 0 Å². The van der Waals surface area contributed by atoms with Crippen LogP contribution in [0.1, 0.15) is 42.4 Å². The Morgan fingerprint density at radius 2 is 1.93 bits per heavy atom. The number of carbonyl (C=O) groups excluding carboxylic acids is 1. The summed E-state index contributed by atoms with van der Waals surface area (Å²) in [5, 5.41) is 12.1. The first-order valence-corrected chi connectivity index (χ1v) is 9.03. The van der Waals surface area contributed by atoms with E-state index in [4.69, 9.17) is 10.00 Å². The van der Waals surface area contributed by atoms with E-state index in [9.17, 15) is 18.0 Å². The van der Waals surface area contributed by atoms with Crippen LogP contribution in [-0.4, -0.2) is 12.9 Å². The molecule has 7 heteroatoms. The summed E-state index contributed by atoms with van der Waals surface area (Å²) in [4.78, 5) is 12.6. The fourth-order valence-corrected chi connectivity index (χ4v) is 3.55. The molecule has 2 aromatic carbocycles. The predicted octanol–water partition coefficient (Wildman–Crippen LogP) is 5.42. The van der Waals surface area contributed by atoms with Crippen LogP contribution >= 0.6 is 0 Å². The number of nitrogens with zero attached hydrogens (tertiary/aromatic N) is 1. The number of carbonyl (C=O) groups is 1. The molecule has 0 radical (unpaired) electrons. The number of anilines is 1. The van der Waals surface area contributed by atoms with Gasteiger partial charge < -0.3 is 10.1 Å². The molecule has 0 bridgehead atoms. The van der Waals surface area contributed by atoms with E-state index in [1.165, 1.54) is 19.2 Å². The molecule has 0 spiro atoms. The van der Waals surface area contributed by atoms with Crippen molar-refractivity contribution in [3.05, 3.63) is 70.4 Å². The molecule has 4 nitrogen and oxygen atoms in total. The lowest BCUT2D eigenvalue weighted by Crippen LogP contribution is -2.11. The van der Waals surface area contributed by atoms with E-state index in [2.05, 4.69) is 5.32 Å². The van der Waals surface area contributed by atoms with Crippen LogP contribution in [0, 0.1) is 11.3 Å². The number of hydrogen-bond donors (Lipinski definition) is 1. The first-order chi connectivity index (χ1) is 13.7. The van der Waals surface area contributed by atoms with E-state index in [1.54, 1.807) is 18.2 Å². The molecule has 3 rings (SSSR count). The number of halogens is 3. The monoisotopic (exact) mass is 400 g/mol. The molecule has 0 aliphatic heterocycles. The molecule has 0 fully saturated rings. The number of rotatable bonds is 5. The van der Waals surface area contributed by atoms with Crippen molar-refractivity contribution in [2.45, 2.75) is 31.9 Å². The largest absolute Gasteiger partial charge is 0.496 e.